The summed E-state index contributed by atoms with van der Waals surface area (Å²) >= 11 is 0. The molecule has 0 aliphatic carbocycles. The molecule has 8 nitrogen and oxygen atoms in total. The smallest absolute Gasteiger partial charge is 0.264 e. The van der Waals surface area contributed by atoms with Crippen LogP contribution in [-0.4, -0.2) is 47.2 Å². The van der Waals surface area contributed by atoms with Crippen LogP contribution < -0.4 is 9.62 Å². The van der Waals surface area contributed by atoms with E-state index in [2.05, 4.69) is 5.32 Å². The highest BCUT2D eigenvalue weighted by molar-refractivity contribution is 7.92. The molecule has 0 radical (unpaired) electrons. The van der Waals surface area contributed by atoms with E-state index in [1.807, 2.05) is 0 Å². The summed E-state index contributed by atoms with van der Waals surface area (Å²) in [5.41, 5.74) is 1.08. The van der Waals surface area contributed by atoms with Gasteiger partial charge in [0.2, 0.25) is 10.0 Å². The molecule has 0 aromatic heterocycles. The Kier molecular flexibility index (Phi) is 6.74. The van der Waals surface area contributed by atoms with Gasteiger partial charge in [-0.2, -0.15) is 4.31 Å². The lowest BCUT2D eigenvalue weighted by Gasteiger charge is -2.20. The van der Waals surface area contributed by atoms with Gasteiger partial charge in [0, 0.05) is 31.4 Å². The van der Waals surface area contributed by atoms with Gasteiger partial charge in [0.05, 0.1) is 15.5 Å². The molecule has 1 N–H and O–H groups in total. The van der Waals surface area contributed by atoms with Gasteiger partial charge in [-0.05, 0) is 67.4 Å². The first-order valence-electron chi connectivity index (χ1n) is 10.8. The molecule has 1 fully saturated rings. The largest absolute Gasteiger partial charge is 0.322 e. The fourth-order valence-electron chi connectivity index (χ4n) is 3.73. The van der Waals surface area contributed by atoms with Gasteiger partial charge in [0.1, 0.15) is 0 Å². The minimum atomic E-state index is -3.83. The summed E-state index contributed by atoms with van der Waals surface area (Å²) in [6.45, 7) is 1.01. The number of amides is 1. The topological polar surface area (TPSA) is 104 Å². The third-order valence-electron chi connectivity index (χ3n) is 5.69. The van der Waals surface area contributed by atoms with E-state index in [9.17, 15) is 21.6 Å². The average molecular weight is 500 g/mol. The highest BCUT2D eigenvalue weighted by Crippen LogP contribution is 2.25. The van der Waals surface area contributed by atoms with Gasteiger partial charge in [-0.25, -0.2) is 16.8 Å². The van der Waals surface area contributed by atoms with E-state index in [0.29, 0.717) is 24.5 Å². The summed E-state index contributed by atoms with van der Waals surface area (Å²) in [6.07, 6.45) is 1.69. The number of benzene rings is 3. The highest BCUT2D eigenvalue weighted by Gasteiger charge is 2.27. The zero-order valence-electron chi connectivity index (χ0n) is 18.6. The number of rotatable bonds is 7. The third-order valence-corrected chi connectivity index (χ3v) is 9.38. The Hall–Kier alpha value is -3.21. The number of sulfonamides is 2. The maximum Gasteiger partial charge on any atom is 0.264 e. The molecule has 1 amide bonds. The first-order chi connectivity index (χ1) is 16.2. The van der Waals surface area contributed by atoms with Crippen molar-refractivity contribution in [1.29, 1.82) is 0 Å². The Balaban J connectivity index is 1.50. The Morgan fingerprint density at radius 1 is 0.824 bits per heavy atom. The van der Waals surface area contributed by atoms with Crippen molar-refractivity contribution >= 4 is 37.3 Å². The number of hydrogen-bond donors (Lipinski definition) is 1. The van der Waals surface area contributed by atoms with Crippen molar-refractivity contribution < 1.29 is 21.6 Å². The Morgan fingerprint density at radius 2 is 1.47 bits per heavy atom. The zero-order valence-corrected chi connectivity index (χ0v) is 20.2. The van der Waals surface area contributed by atoms with E-state index in [4.69, 9.17) is 0 Å². The van der Waals surface area contributed by atoms with E-state index in [1.165, 1.54) is 52.1 Å². The maximum atomic E-state index is 13.0. The molecule has 3 aromatic rings. The number of anilines is 2. The molecule has 1 aliphatic rings. The predicted molar refractivity (Wildman–Crippen MR) is 131 cm³/mol. The minimum Gasteiger partial charge on any atom is -0.322 e. The second-order valence-electron chi connectivity index (χ2n) is 7.93. The average Bonchev–Trinajstić information content (AvgIpc) is 3.40. The summed E-state index contributed by atoms with van der Waals surface area (Å²) in [4.78, 5) is 12.9. The van der Waals surface area contributed by atoms with Gasteiger partial charge >= 0.3 is 0 Å². The van der Waals surface area contributed by atoms with Crippen molar-refractivity contribution in [1.82, 2.24) is 4.31 Å². The van der Waals surface area contributed by atoms with Gasteiger partial charge in [0.25, 0.3) is 15.9 Å². The Bertz CT molecular complexity index is 1380. The SMILES string of the molecule is CN(c1ccccc1)S(=O)(=O)c1cccc(NC(=O)c2ccc(S(=O)(=O)N3CCCC3)cc2)c1. The molecule has 178 valence electrons. The number of nitrogens with zero attached hydrogens (tertiary/aromatic N) is 2. The molecule has 1 aliphatic heterocycles. The second kappa shape index (κ2) is 9.57. The van der Waals surface area contributed by atoms with Crippen molar-refractivity contribution in [2.45, 2.75) is 22.6 Å². The molecule has 0 unspecified atom stereocenters. The molecule has 0 bridgehead atoms. The van der Waals surface area contributed by atoms with Crippen molar-refractivity contribution in [3.63, 3.8) is 0 Å². The van der Waals surface area contributed by atoms with E-state index >= 15 is 0 Å². The lowest BCUT2D eigenvalue weighted by Crippen LogP contribution is -2.27. The summed E-state index contributed by atoms with van der Waals surface area (Å²) in [5.74, 6) is -0.476. The van der Waals surface area contributed by atoms with Crippen LogP contribution in [0.3, 0.4) is 0 Å². The summed E-state index contributed by atoms with van der Waals surface area (Å²) < 4.78 is 54.0. The highest BCUT2D eigenvalue weighted by atomic mass is 32.2. The maximum absolute atomic E-state index is 13.0. The Labute approximate surface area is 199 Å². The third kappa shape index (κ3) is 4.84. The second-order valence-corrected chi connectivity index (χ2v) is 11.8. The lowest BCUT2D eigenvalue weighted by atomic mass is 10.2. The van der Waals surface area contributed by atoms with Crippen molar-refractivity contribution in [2.75, 3.05) is 29.8 Å². The fraction of sp³-hybridized carbons (Fsp3) is 0.208. The van der Waals surface area contributed by atoms with Gasteiger partial charge in [-0.1, -0.05) is 24.3 Å². The standard InChI is InChI=1S/C24H25N3O5S2/c1-26(21-9-3-2-4-10-21)33(29,30)23-11-7-8-20(18-23)25-24(28)19-12-14-22(15-13-19)34(31,32)27-16-5-6-17-27/h2-4,7-15,18H,5-6,16-17H2,1H3,(H,25,28). The van der Waals surface area contributed by atoms with Crippen LogP contribution in [0.2, 0.25) is 0 Å². The van der Waals surface area contributed by atoms with Crippen molar-refractivity contribution in [3.05, 3.63) is 84.4 Å². The van der Waals surface area contributed by atoms with Crippen LogP contribution in [0, 0.1) is 0 Å². The summed E-state index contributed by atoms with van der Waals surface area (Å²) in [7, 11) is -5.93. The van der Waals surface area contributed by atoms with E-state index in [0.717, 1.165) is 12.8 Å². The molecule has 1 saturated heterocycles. The number of carbonyl (C=O) groups excluding carboxylic acids is 1. The van der Waals surface area contributed by atoms with E-state index in [1.54, 1.807) is 42.5 Å². The van der Waals surface area contributed by atoms with E-state index < -0.39 is 26.0 Å². The number of nitrogens with one attached hydrogen (secondary N) is 1. The lowest BCUT2D eigenvalue weighted by molar-refractivity contribution is 0.102. The van der Waals surface area contributed by atoms with E-state index in [-0.39, 0.29) is 15.4 Å². The van der Waals surface area contributed by atoms with Crippen molar-refractivity contribution in [2.24, 2.45) is 0 Å². The molecule has 0 atom stereocenters. The number of para-hydroxylation sites is 1. The zero-order chi connectivity index (χ0) is 24.3. The van der Waals surface area contributed by atoms with Gasteiger partial charge < -0.3 is 5.32 Å². The van der Waals surface area contributed by atoms with Crippen LogP contribution in [0.15, 0.2) is 88.7 Å². The first kappa shape index (κ1) is 23.9. The number of carbonyl (C=O) groups is 1. The van der Waals surface area contributed by atoms with Crippen LogP contribution >= 0.6 is 0 Å². The monoisotopic (exact) mass is 499 g/mol. The fourth-order valence-corrected chi connectivity index (χ4v) is 6.49. The molecule has 0 saturated carbocycles. The van der Waals surface area contributed by atoms with Crippen molar-refractivity contribution in [3.8, 4) is 0 Å². The van der Waals surface area contributed by atoms with Crippen LogP contribution in [0.4, 0.5) is 11.4 Å². The first-order valence-corrected chi connectivity index (χ1v) is 13.6. The van der Waals surface area contributed by atoms with Gasteiger partial charge in [-0.15, -0.1) is 0 Å². The Morgan fingerprint density at radius 3 is 2.12 bits per heavy atom. The molecular weight excluding hydrogens is 474 g/mol. The normalized spacial score (nSPS) is 14.6. The molecule has 10 heteroatoms. The molecule has 0 spiro atoms. The number of hydrogen-bond acceptors (Lipinski definition) is 5. The minimum absolute atomic E-state index is 0.0312. The molecule has 1 heterocycles. The predicted octanol–water partition coefficient (Wildman–Crippen LogP) is 3.55. The summed E-state index contributed by atoms with van der Waals surface area (Å²) in [5, 5.41) is 2.68. The van der Waals surface area contributed by atoms with Crippen LogP contribution in [0.25, 0.3) is 0 Å². The molecule has 3 aromatic carbocycles. The summed E-state index contributed by atoms with van der Waals surface area (Å²) in [6, 6.07) is 20.4. The quantitative estimate of drug-likeness (QED) is 0.535. The van der Waals surface area contributed by atoms with Crippen LogP contribution in [0.5, 0.6) is 0 Å². The van der Waals surface area contributed by atoms with Crippen LogP contribution in [-0.2, 0) is 20.0 Å². The van der Waals surface area contributed by atoms with Crippen LogP contribution in [0.1, 0.15) is 23.2 Å². The molecular formula is C24H25N3O5S2. The molecule has 34 heavy (non-hydrogen) atoms. The van der Waals surface area contributed by atoms with Gasteiger partial charge in [-0.3, -0.25) is 9.10 Å². The van der Waals surface area contributed by atoms with Gasteiger partial charge in [0.15, 0.2) is 0 Å². The molecule has 4 rings (SSSR count).